The van der Waals surface area contributed by atoms with Gasteiger partial charge in [-0.2, -0.15) is 0 Å². The minimum Gasteiger partial charge on any atom is -0.481 e. The SMILES string of the molecule is O=C(O)C1CC=CCC1C(=O)Nc1cccc(CO)c1. The number of hydrogen-bond donors (Lipinski definition) is 3. The van der Waals surface area contributed by atoms with Crippen LogP contribution in [-0.2, 0) is 16.2 Å². The summed E-state index contributed by atoms with van der Waals surface area (Å²) in [5.41, 5.74) is 1.27. The second kappa shape index (κ2) is 6.34. The van der Waals surface area contributed by atoms with Gasteiger partial charge in [0, 0.05) is 5.69 Å². The number of hydrogen-bond acceptors (Lipinski definition) is 3. The molecule has 0 saturated heterocycles. The standard InChI is InChI=1S/C15H17NO4/c17-9-10-4-3-5-11(8-10)16-14(18)12-6-1-2-7-13(12)15(19)20/h1-5,8,12-13,17H,6-7,9H2,(H,16,18)(H,19,20). The van der Waals surface area contributed by atoms with Gasteiger partial charge < -0.3 is 15.5 Å². The van der Waals surface area contributed by atoms with Crippen LogP contribution >= 0.6 is 0 Å². The topological polar surface area (TPSA) is 86.6 Å². The van der Waals surface area contributed by atoms with E-state index in [2.05, 4.69) is 5.32 Å². The van der Waals surface area contributed by atoms with Crippen LogP contribution in [0.3, 0.4) is 0 Å². The van der Waals surface area contributed by atoms with E-state index in [9.17, 15) is 9.59 Å². The first-order valence-corrected chi connectivity index (χ1v) is 6.50. The Labute approximate surface area is 116 Å². The lowest BCUT2D eigenvalue weighted by molar-refractivity contribution is -0.146. The van der Waals surface area contributed by atoms with Crippen molar-refractivity contribution in [3.63, 3.8) is 0 Å². The van der Waals surface area contributed by atoms with Crippen molar-refractivity contribution in [3.05, 3.63) is 42.0 Å². The Kier molecular flexibility index (Phi) is 4.53. The monoisotopic (exact) mass is 275 g/mol. The molecule has 1 aromatic carbocycles. The summed E-state index contributed by atoms with van der Waals surface area (Å²) in [6, 6.07) is 6.87. The van der Waals surface area contributed by atoms with Crippen LogP contribution in [0.25, 0.3) is 0 Å². The summed E-state index contributed by atoms with van der Waals surface area (Å²) in [6.07, 6.45) is 4.45. The zero-order chi connectivity index (χ0) is 14.5. The van der Waals surface area contributed by atoms with E-state index in [0.717, 1.165) is 0 Å². The van der Waals surface area contributed by atoms with Gasteiger partial charge in [0.05, 0.1) is 18.4 Å². The molecule has 0 aromatic heterocycles. The van der Waals surface area contributed by atoms with E-state index in [1.165, 1.54) is 0 Å². The summed E-state index contributed by atoms with van der Waals surface area (Å²) in [5.74, 6) is -2.48. The van der Waals surface area contributed by atoms with Crippen molar-refractivity contribution in [1.29, 1.82) is 0 Å². The molecular formula is C15H17NO4. The van der Waals surface area contributed by atoms with Crippen LogP contribution in [0.1, 0.15) is 18.4 Å². The van der Waals surface area contributed by atoms with Crippen LogP contribution in [0.2, 0.25) is 0 Å². The molecule has 0 saturated carbocycles. The zero-order valence-electron chi connectivity index (χ0n) is 11.0. The first kappa shape index (κ1) is 14.3. The normalized spacial score (nSPS) is 21.4. The fourth-order valence-electron chi connectivity index (χ4n) is 2.36. The number of rotatable bonds is 4. The highest BCUT2D eigenvalue weighted by molar-refractivity contribution is 5.95. The molecule has 0 spiro atoms. The molecule has 2 atom stereocenters. The lowest BCUT2D eigenvalue weighted by Gasteiger charge is -2.24. The number of aliphatic hydroxyl groups is 1. The summed E-state index contributed by atoms with van der Waals surface area (Å²) >= 11 is 0. The van der Waals surface area contributed by atoms with Crippen molar-refractivity contribution < 1.29 is 19.8 Å². The van der Waals surface area contributed by atoms with E-state index >= 15 is 0 Å². The highest BCUT2D eigenvalue weighted by Crippen LogP contribution is 2.27. The summed E-state index contributed by atoms with van der Waals surface area (Å²) < 4.78 is 0. The van der Waals surface area contributed by atoms with E-state index in [1.807, 2.05) is 6.08 Å². The van der Waals surface area contributed by atoms with Crippen molar-refractivity contribution in [2.75, 3.05) is 5.32 Å². The highest BCUT2D eigenvalue weighted by Gasteiger charge is 2.33. The summed E-state index contributed by atoms with van der Waals surface area (Å²) in [7, 11) is 0. The molecule has 0 fully saturated rings. The number of carboxylic acids is 1. The first-order valence-electron chi connectivity index (χ1n) is 6.50. The van der Waals surface area contributed by atoms with Gasteiger partial charge in [0.1, 0.15) is 0 Å². The Balaban J connectivity index is 2.10. The predicted molar refractivity (Wildman–Crippen MR) is 74.0 cm³/mol. The maximum Gasteiger partial charge on any atom is 0.307 e. The Bertz CT molecular complexity index is 538. The van der Waals surface area contributed by atoms with Crippen LogP contribution in [-0.4, -0.2) is 22.1 Å². The Morgan fingerprint density at radius 3 is 2.55 bits per heavy atom. The van der Waals surface area contributed by atoms with Crippen molar-refractivity contribution in [2.45, 2.75) is 19.4 Å². The summed E-state index contributed by atoms with van der Waals surface area (Å²) in [4.78, 5) is 23.4. The number of carbonyl (C=O) groups is 2. The third-order valence-electron chi connectivity index (χ3n) is 3.46. The van der Waals surface area contributed by atoms with E-state index in [0.29, 0.717) is 24.1 Å². The van der Waals surface area contributed by atoms with Crippen molar-refractivity contribution >= 4 is 17.6 Å². The number of benzene rings is 1. The van der Waals surface area contributed by atoms with Gasteiger partial charge in [0.25, 0.3) is 0 Å². The second-order valence-electron chi connectivity index (χ2n) is 4.84. The van der Waals surface area contributed by atoms with Gasteiger partial charge in [-0.1, -0.05) is 24.3 Å². The van der Waals surface area contributed by atoms with Crippen molar-refractivity contribution in [3.8, 4) is 0 Å². The molecule has 0 bridgehead atoms. The zero-order valence-corrected chi connectivity index (χ0v) is 11.0. The molecule has 1 amide bonds. The largest absolute Gasteiger partial charge is 0.481 e. The third kappa shape index (κ3) is 3.24. The first-order chi connectivity index (χ1) is 9.61. The van der Waals surface area contributed by atoms with Crippen molar-refractivity contribution in [2.24, 2.45) is 11.8 Å². The number of carboxylic acid groups (broad SMARTS) is 1. The molecule has 5 nitrogen and oxygen atoms in total. The van der Waals surface area contributed by atoms with Crippen LogP contribution in [0.5, 0.6) is 0 Å². The molecule has 0 heterocycles. The maximum absolute atomic E-state index is 12.2. The molecule has 1 aromatic rings. The molecule has 20 heavy (non-hydrogen) atoms. The van der Waals surface area contributed by atoms with Gasteiger partial charge in [-0.15, -0.1) is 0 Å². The molecule has 5 heteroatoms. The smallest absolute Gasteiger partial charge is 0.307 e. The van der Waals surface area contributed by atoms with Gasteiger partial charge >= 0.3 is 5.97 Å². The number of nitrogens with one attached hydrogen (secondary N) is 1. The summed E-state index contributed by atoms with van der Waals surface area (Å²) in [5, 5.41) is 20.9. The van der Waals surface area contributed by atoms with Crippen LogP contribution in [0.15, 0.2) is 36.4 Å². The minimum absolute atomic E-state index is 0.104. The quantitative estimate of drug-likeness (QED) is 0.731. The number of carbonyl (C=O) groups excluding carboxylic acids is 1. The van der Waals surface area contributed by atoms with Gasteiger partial charge in [0.15, 0.2) is 0 Å². The molecule has 3 N–H and O–H groups in total. The lowest BCUT2D eigenvalue weighted by Crippen LogP contribution is -2.34. The molecule has 2 rings (SSSR count). The van der Waals surface area contributed by atoms with Gasteiger partial charge in [0.2, 0.25) is 5.91 Å². The number of aliphatic carboxylic acids is 1. The van der Waals surface area contributed by atoms with E-state index in [4.69, 9.17) is 10.2 Å². The highest BCUT2D eigenvalue weighted by atomic mass is 16.4. The number of allylic oxidation sites excluding steroid dienone is 2. The number of amides is 1. The van der Waals surface area contributed by atoms with Crippen LogP contribution < -0.4 is 5.32 Å². The Hall–Kier alpha value is -2.14. The lowest BCUT2D eigenvalue weighted by atomic mass is 9.82. The number of anilines is 1. The van der Waals surface area contributed by atoms with Gasteiger partial charge in [-0.25, -0.2) is 0 Å². The number of aliphatic hydroxyl groups excluding tert-OH is 1. The van der Waals surface area contributed by atoms with Gasteiger partial charge in [-0.3, -0.25) is 9.59 Å². The molecule has 0 radical (unpaired) electrons. The molecule has 1 aliphatic rings. The molecule has 106 valence electrons. The fourth-order valence-corrected chi connectivity index (χ4v) is 2.36. The van der Waals surface area contributed by atoms with Crippen LogP contribution in [0.4, 0.5) is 5.69 Å². The Morgan fingerprint density at radius 1 is 1.20 bits per heavy atom. The van der Waals surface area contributed by atoms with Crippen LogP contribution in [0, 0.1) is 11.8 Å². The average molecular weight is 275 g/mol. The predicted octanol–water partition coefficient (Wildman–Crippen LogP) is 1.78. The maximum atomic E-state index is 12.2. The average Bonchev–Trinajstić information content (AvgIpc) is 2.47. The minimum atomic E-state index is -0.946. The van der Waals surface area contributed by atoms with Crippen molar-refractivity contribution in [1.82, 2.24) is 0 Å². The molecular weight excluding hydrogens is 258 g/mol. The molecule has 1 aliphatic carbocycles. The van der Waals surface area contributed by atoms with E-state index in [1.54, 1.807) is 30.3 Å². The molecule has 0 aliphatic heterocycles. The third-order valence-corrected chi connectivity index (χ3v) is 3.46. The van der Waals surface area contributed by atoms with E-state index in [-0.39, 0.29) is 12.5 Å². The Morgan fingerprint density at radius 2 is 1.90 bits per heavy atom. The fraction of sp³-hybridized carbons (Fsp3) is 0.333. The van der Waals surface area contributed by atoms with E-state index < -0.39 is 17.8 Å². The summed E-state index contributed by atoms with van der Waals surface area (Å²) in [6.45, 7) is -0.104. The second-order valence-corrected chi connectivity index (χ2v) is 4.84. The van der Waals surface area contributed by atoms with Gasteiger partial charge in [-0.05, 0) is 30.5 Å². The molecule has 2 unspecified atom stereocenters.